The highest BCUT2D eigenvalue weighted by Gasteiger charge is 2.45. The van der Waals surface area contributed by atoms with Crippen molar-refractivity contribution in [2.45, 2.75) is 18.3 Å². The molecule has 6 heteroatoms. The highest BCUT2D eigenvalue weighted by atomic mass is 32.1. The summed E-state index contributed by atoms with van der Waals surface area (Å²) in [5, 5.41) is 3.01. The van der Waals surface area contributed by atoms with Gasteiger partial charge in [-0.05, 0) is 42.7 Å². The fourth-order valence-electron chi connectivity index (χ4n) is 2.89. The van der Waals surface area contributed by atoms with Gasteiger partial charge in [0.15, 0.2) is 11.5 Å². The molecular formula is C17H16N2O3S. The number of carbonyl (C=O) groups excluding carboxylic acids is 1. The van der Waals surface area contributed by atoms with Gasteiger partial charge in [-0.1, -0.05) is 18.3 Å². The Morgan fingerprint density at radius 3 is 2.87 bits per heavy atom. The second-order valence-electron chi connectivity index (χ2n) is 5.94. The number of ether oxygens (including phenoxy) is 2. The van der Waals surface area contributed by atoms with Crippen molar-refractivity contribution in [1.29, 1.82) is 0 Å². The van der Waals surface area contributed by atoms with Gasteiger partial charge in [0, 0.05) is 18.2 Å². The van der Waals surface area contributed by atoms with Crippen molar-refractivity contribution >= 4 is 18.1 Å². The minimum Gasteiger partial charge on any atom is -0.454 e. The van der Waals surface area contributed by atoms with Crippen LogP contribution in [0.2, 0.25) is 0 Å². The van der Waals surface area contributed by atoms with E-state index >= 15 is 0 Å². The summed E-state index contributed by atoms with van der Waals surface area (Å²) in [6.45, 7) is 0.865. The lowest BCUT2D eigenvalue weighted by Gasteiger charge is -2.17. The molecule has 2 aliphatic rings. The van der Waals surface area contributed by atoms with Crippen LogP contribution in [0.4, 0.5) is 0 Å². The molecule has 1 aromatic heterocycles. The topological polar surface area (TPSA) is 63.4 Å². The summed E-state index contributed by atoms with van der Waals surface area (Å²) < 4.78 is 11.3. The number of H-pyrrole nitrogens is 1. The first-order chi connectivity index (χ1) is 11.2. The van der Waals surface area contributed by atoms with E-state index in [2.05, 4.69) is 16.4 Å². The molecule has 0 unspecified atom stereocenters. The van der Waals surface area contributed by atoms with Crippen LogP contribution in [0.1, 0.15) is 28.8 Å². The van der Waals surface area contributed by atoms with Crippen molar-refractivity contribution in [1.82, 2.24) is 10.3 Å². The van der Waals surface area contributed by atoms with Gasteiger partial charge in [0.05, 0.1) is 5.56 Å². The van der Waals surface area contributed by atoms with Gasteiger partial charge in [0.25, 0.3) is 5.91 Å². The Balaban J connectivity index is 1.49. The average Bonchev–Trinajstić information content (AvgIpc) is 3.22. The van der Waals surface area contributed by atoms with Crippen molar-refractivity contribution in [2.24, 2.45) is 0 Å². The molecule has 2 N–H and O–H groups in total. The van der Waals surface area contributed by atoms with Crippen LogP contribution in [0.5, 0.6) is 11.5 Å². The maximum atomic E-state index is 12.3. The van der Waals surface area contributed by atoms with Crippen LogP contribution >= 0.6 is 12.2 Å². The van der Waals surface area contributed by atoms with E-state index in [1.54, 1.807) is 18.3 Å². The minimum atomic E-state index is -0.140. The zero-order valence-corrected chi connectivity index (χ0v) is 13.2. The normalized spacial score (nSPS) is 16.9. The van der Waals surface area contributed by atoms with Crippen LogP contribution in [0.25, 0.3) is 0 Å². The first kappa shape index (κ1) is 14.3. The third-order valence-electron chi connectivity index (χ3n) is 4.49. The number of benzene rings is 1. The standard InChI is InChI=1S/C17H16N2O3S/c20-15(12-2-1-7-18-16(12)23)19-9-17(5-6-17)11-3-4-13-14(8-11)22-10-21-13/h1-4,7-8H,5-6,9-10H2,(H,18,23)(H,19,20). The number of pyridine rings is 1. The third-order valence-corrected chi connectivity index (χ3v) is 4.83. The van der Waals surface area contributed by atoms with E-state index in [0.29, 0.717) is 16.7 Å². The quantitative estimate of drug-likeness (QED) is 0.847. The lowest BCUT2D eigenvalue weighted by atomic mass is 9.95. The molecule has 118 valence electrons. The Morgan fingerprint density at radius 1 is 1.26 bits per heavy atom. The Kier molecular flexibility index (Phi) is 3.34. The number of aromatic nitrogens is 1. The molecule has 23 heavy (non-hydrogen) atoms. The molecule has 5 nitrogen and oxygen atoms in total. The first-order valence-corrected chi connectivity index (χ1v) is 7.95. The number of amides is 1. The zero-order valence-electron chi connectivity index (χ0n) is 12.4. The fraction of sp³-hybridized carbons (Fsp3) is 0.294. The van der Waals surface area contributed by atoms with E-state index in [-0.39, 0.29) is 18.1 Å². The smallest absolute Gasteiger partial charge is 0.254 e. The average molecular weight is 328 g/mol. The van der Waals surface area contributed by atoms with Crippen molar-refractivity contribution in [3.8, 4) is 11.5 Å². The highest BCUT2D eigenvalue weighted by molar-refractivity contribution is 7.71. The maximum absolute atomic E-state index is 12.3. The second-order valence-corrected chi connectivity index (χ2v) is 6.35. The number of hydrogen-bond acceptors (Lipinski definition) is 4. The van der Waals surface area contributed by atoms with E-state index in [0.717, 1.165) is 24.3 Å². The Morgan fingerprint density at radius 2 is 2.09 bits per heavy atom. The number of fused-ring (bicyclic) bond motifs is 1. The Labute approximate surface area is 138 Å². The van der Waals surface area contributed by atoms with Crippen LogP contribution in [-0.2, 0) is 5.41 Å². The lowest BCUT2D eigenvalue weighted by molar-refractivity contribution is 0.0949. The van der Waals surface area contributed by atoms with E-state index in [1.807, 2.05) is 12.1 Å². The number of hydrogen-bond donors (Lipinski definition) is 2. The number of nitrogens with one attached hydrogen (secondary N) is 2. The summed E-state index contributed by atoms with van der Waals surface area (Å²) in [6.07, 6.45) is 3.82. The molecule has 0 atom stereocenters. The summed E-state index contributed by atoms with van der Waals surface area (Å²) in [5.74, 6) is 1.42. The molecule has 1 aliphatic heterocycles. The van der Waals surface area contributed by atoms with Crippen LogP contribution in [0.15, 0.2) is 36.5 Å². The molecule has 1 aliphatic carbocycles. The monoisotopic (exact) mass is 328 g/mol. The number of rotatable bonds is 4. The Bertz CT molecular complexity index is 827. The molecule has 1 amide bonds. The molecule has 0 saturated heterocycles. The maximum Gasteiger partial charge on any atom is 0.254 e. The van der Waals surface area contributed by atoms with Gasteiger partial charge < -0.3 is 19.8 Å². The molecule has 0 bridgehead atoms. The van der Waals surface area contributed by atoms with E-state index in [1.165, 1.54) is 5.56 Å². The second kappa shape index (κ2) is 5.38. The molecule has 4 rings (SSSR count). The van der Waals surface area contributed by atoms with Gasteiger partial charge >= 0.3 is 0 Å². The number of aromatic amines is 1. The summed E-state index contributed by atoms with van der Waals surface area (Å²) in [6, 6.07) is 9.52. The van der Waals surface area contributed by atoms with Crippen molar-refractivity contribution in [2.75, 3.05) is 13.3 Å². The van der Waals surface area contributed by atoms with Crippen LogP contribution in [0.3, 0.4) is 0 Å². The van der Waals surface area contributed by atoms with Crippen molar-refractivity contribution in [3.63, 3.8) is 0 Å². The van der Waals surface area contributed by atoms with Gasteiger partial charge in [-0.3, -0.25) is 4.79 Å². The van der Waals surface area contributed by atoms with Crippen LogP contribution in [0, 0.1) is 4.64 Å². The van der Waals surface area contributed by atoms with Gasteiger partial charge in [0.2, 0.25) is 6.79 Å². The molecule has 2 aromatic rings. The van der Waals surface area contributed by atoms with Crippen LogP contribution in [-0.4, -0.2) is 24.2 Å². The largest absolute Gasteiger partial charge is 0.454 e. The lowest BCUT2D eigenvalue weighted by Crippen LogP contribution is -2.32. The van der Waals surface area contributed by atoms with E-state index < -0.39 is 0 Å². The van der Waals surface area contributed by atoms with Gasteiger partial charge in [-0.15, -0.1) is 0 Å². The Hall–Kier alpha value is -2.34. The SMILES string of the molecule is O=C(NCC1(c2ccc3c(c2)OCO3)CC1)c1ccc[nH]c1=S. The first-order valence-electron chi connectivity index (χ1n) is 7.54. The van der Waals surface area contributed by atoms with Crippen molar-refractivity contribution in [3.05, 3.63) is 52.3 Å². The zero-order chi connectivity index (χ0) is 15.9. The third kappa shape index (κ3) is 2.59. The molecule has 0 radical (unpaired) electrons. The summed E-state index contributed by atoms with van der Waals surface area (Å²) >= 11 is 5.15. The van der Waals surface area contributed by atoms with E-state index in [4.69, 9.17) is 21.7 Å². The van der Waals surface area contributed by atoms with Gasteiger partial charge in [-0.25, -0.2) is 0 Å². The minimum absolute atomic E-state index is 0.00322. The summed E-state index contributed by atoms with van der Waals surface area (Å²) in [4.78, 5) is 15.2. The predicted molar refractivity (Wildman–Crippen MR) is 87.4 cm³/mol. The van der Waals surface area contributed by atoms with Crippen LogP contribution < -0.4 is 14.8 Å². The highest BCUT2D eigenvalue weighted by Crippen LogP contribution is 2.49. The van der Waals surface area contributed by atoms with E-state index in [9.17, 15) is 4.79 Å². The fourth-order valence-corrected chi connectivity index (χ4v) is 3.12. The van der Waals surface area contributed by atoms with Gasteiger partial charge in [0.1, 0.15) is 4.64 Å². The summed E-state index contributed by atoms with van der Waals surface area (Å²) in [7, 11) is 0. The molecule has 2 heterocycles. The molecule has 0 spiro atoms. The predicted octanol–water partition coefficient (Wildman–Crippen LogP) is 2.93. The number of carbonyl (C=O) groups is 1. The molecule has 1 aromatic carbocycles. The summed E-state index contributed by atoms with van der Waals surface area (Å²) in [5.41, 5.74) is 1.68. The van der Waals surface area contributed by atoms with Gasteiger partial charge in [-0.2, -0.15) is 0 Å². The van der Waals surface area contributed by atoms with Crippen molar-refractivity contribution < 1.29 is 14.3 Å². The molecule has 1 fully saturated rings. The molecule has 1 saturated carbocycles. The molecular weight excluding hydrogens is 312 g/mol.